The van der Waals surface area contributed by atoms with Crippen molar-refractivity contribution in [3.63, 3.8) is 0 Å². The lowest BCUT2D eigenvalue weighted by molar-refractivity contribution is -0.137. The Hall–Kier alpha value is -2.89. The largest absolute Gasteiger partial charge is 0.494 e. The van der Waals surface area contributed by atoms with Crippen LogP contribution >= 0.6 is 0 Å². The van der Waals surface area contributed by atoms with E-state index in [2.05, 4.69) is 5.32 Å². The molecule has 0 unspecified atom stereocenters. The molecule has 0 aromatic heterocycles. The molecule has 0 aliphatic heterocycles. The normalized spacial score (nSPS) is 11.6. The molecule has 132 valence electrons. The van der Waals surface area contributed by atoms with Gasteiger partial charge in [-0.25, -0.2) is 4.39 Å². The van der Waals surface area contributed by atoms with Gasteiger partial charge in [-0.05, 0) is 42.3 Å². The van der Waals surface area contributed by atoms with E-state index in [-0.39, 0.29) is 24.6 Å². The number of benzene rings is 2. The van der Waals surface area contributed by atoms with Gasteiger partial charge in [-0.3, -0.25) is 9.59 Å². The van der Waals surface area contributed by atoms with Crippen LogP contribution in [-0.2, 0) is 16.0 Å². The van der Waals surface area contributed by atoms with Gasteiger partial charge >= 0.3 is 5.97 Å². The summed E-state index contributed by atoms with van der Waals surface area (Å²) in [5, 5.41) is 11.8. The summed E-state index contributed by atoms with van der Waals surface area (Å²) < 4.78 is 18.3. The Kier molecular flexibility index (Phi) is 6.51. The first-order valence-corrected chi connectivity index (χ1v) is 7.96. The van der Waals surface area contributed by atoms with Gasteiger partial charge in [-0.1, -0.05) is 24.3 Å². The lowest BCUT2D eigenvalue weighted by Gasteiger charge is -2.18. The van der Waals surface area contributed by atoms with E-state index in [1.807, 2.05) is 6.92 Å². The van der Waals surface area contributed by atoms with Crippen LogP contribution in [-0.4, -0.2) is 23.6 Å². The van der Waals surface area contributed by atoms with E-state index in [4.69, 9.17) is 9.84 Å². The van der Waals surface area contributed by atoms with Crippen molar-refractivity contribution < 1.29 is 23.8 Å². The number of carboxylic acids is 1. The first kappa shape index (κ1) is 18.4. The minimum Gasteiger partial charge on any atom is -0.494 e. The van der Waals surface area contributed by atoms with Gasteiger partial charge in [0.05, 0.1) is 25.5 Å². The Morgan fingerprint density at radius 1 is 1.12 bits per heavy atom. The summed E-state index contributed by atoms with van der Waals surface area (Å²) in [5.74, 6) is -1.03. The Balaban J connectivity index is 2.07. The molecule has 2 aromatic carbocycles. The second-order valence-electron chi connectivity index (χ2n) is 5.52. The molecule has 0 aliphatic rings. The summed E-state index contributed by atoms with van der Waals surface area (Å²) in [6, 6.07) is 11.9. The third kappa shape index (κ3) is 5.91. The fourth-order valence-electron chi connectivity index (χ4n) is 2.42. The molecule has 0 saturated carbocycles. The number of carbonyl (C=O) groups is 2. The predicted molar refractivity (Wildman–Crippen MR) is 90.9 cm³/mol. The molecule has 0 aliphatic carbocycles. The van der Waals surface area contributed by atoms with E-state index in [1.165, 1.54) is 24.3 Å². The van der Waals surface area contributed by atoms with Gasteiger partial charge in [0.25, 0.3) is 0 Å². The number of halogens is 1. The third-order valence-electron chi connectivity index (χ3n) is 3.59. The zero-order valence-corrected chi connectivity index (χ0v) is 13.9. The molecule has 0 fully saturated rings. The molecule has 1 atom stereocenters. The van der Waals surface area contributed by atoms with Crippen LogP contribution in [0.4, 0.5) is 4.39 Å². The molecule has 1 amide bonds. The maximum absolute atomic E-state index is 12.9. The van der Waals surface area contributed by atoms with Gasteiger partial charge in [-0.2, -0.15) is 0 Å². The quantitative estimate of drug-likeness (QED) is 0.771. The number of hydrogen-bond donors (Lipinski definition) is 2. The van der Waals surface area contributed by atoms with Crippen LogP contribution in [0.5, 0.6) is 5.75 Å². The Morgan fingerprint density at radius 3 is 2.32 bits per heavy atom. The molecule has 2 rings (SSSR count). The summed E-state index contributed by atoms with van der Waals surface area (Å²) in [4.78, 5) is 23.3. The van der Waals surface area contributed by atoms with Gasteiger partial charge < -0.3 is 15.2 Å². The number of ether oxygens (including phenoxy) is 1. The molecule has 0 spiro atoms. The molecule has 0 radical (unpaired) electrons. The van der Waals surface area contributed by atoms with Crippen molar-refractivity contribution >= 4 is 11.9 Å². The number of amides is 1. The van der Waals surface area contributed by atoms with E-state index in [0.29, 0.717) is 23.5 Å². The van der Waals surface area contributed by atoms with Crippen molar-refractivity contribution in [2.45, 2.75) is 25.8 Å². The Bertz CT molecular complexity index is 713. The molecule has 25 heavy (non-hydrogen) atoms. The average Bonchev–Trinajstić information content (AvgIpc) is 2.57. The minimum absolute atomic E-state index is 0.0490. The highest BCUT2D eigenvalue weighted by Crippen LogP contribution is 2.21. The molecule has 5 nitrogen and oxygen atoms in total. The van der Waals surface area contributed by atoms with Crippen molar-refractivity contribution in [1.82, 2.24) is 5.32 Å². The summed E-state index contributed by atoms with van der Waals surface area (Å²) in [5.41, 5.74) is 1.33. The molecule has 0 saturated heterocycles. The average molecular weight is 345 g/mol. The van der Waals surface area contributed by atoms with Gasteiger partial charge in [0.2, 0.25) is 5.91 Å². The van der Waals surface area contributed by atoms with E-state index < -0.39 is 12.0 Å². The van der Waals surface area contributed by atoms with Gasteiger partial charge in [-0.15, -0.1) is 0 Å². The highest BCUT2D eigenvalue weighted by Gasteiger charge is 2.18. The zero-order valence-electron chi connectivity index (χ0n) is 13.9. The highest BCUT2D eigenvalue weighted by molar-refractivity contribution is 5.80. The first-order chi connectivity index (χ1) is 12.0. The van der Waals surface area contributed by atoms with Crippen molar-refractivity contribution in [1.29, 1.82) is 0 Å². The van der Waals surface area contributed by atoms with Gasteiger partial charge in [0.15, 0.2) is 0 Å². The van der Waals surface area contributed by atoms with Crippen molar-refractivity contribution in [2.75, 3.05) is 6.61 Å². The number of nitrogens with one attached hydrogen (secondary N) is 1. The number of hydrogen-bond acceptors (Lipinski definition) is 3. The van der Waals surface area contributed by atoms with Gasteiger partial charge in [0, 0.05) is 0 Å². The highest BCUT2D eigenvalue weighted by atomic mass is 19.1. The predicted octanol–water partition coefficient (Wildman–Crippen LogP) is 3.10. The lowest BCUT2D eigenvalue weighted by Crippen LogP contribution is -2.31. The molecule has 6 heteroatoms. The Morgan fingerprint density at radius 2 is 1.76 bits per heavy atom. The lowest BCUT2D eigenvalue weighted by atomic mass is 10.0. The van der Waals surface area contributed by atoms with Crippen LogP contribution in [0.1, 0.15) is 30.5 Å². The molecule has 0 heterocycles. The summed E-state index contributed by atoms with van der Waals surface area (Å²) in [7, 11) is 0. The van der Waals surface area contributed by atoms with Crippen LogP contribution < -0.4 is 10.1 Å². The monoisotopic (exact) mass is 345 g/mol. The van der Waals surface area contributed by atoms with Crippen molar-refractivity contribution in [3.05, 3.63) is 65.5 Å². The van der Waals surface area contributed by atoms with Crippen LogP contribution in [0.15, 0.2) is 48.5 Å². The summed E-state index contributed by atoms with van der Waals surface area (Å²) in [6.45, 7) is 2.41. The molecular formula is C19H20FNO4. The van der Waals surface area contributed by atoms with Crippen molar-refractivity contribution in [3.8, 4) is 5.75 Å². The van der Waals surface area contributed by atoms with E-state index in [0.717, 1.165) is 0 Å². The molecule has 0 bridgehead atoms. The van der Waals surface area contributed by atoms with Gasteiger partial charge in [0.1, 0.15) is 11.6 Å². The van der Waals surface area contributed by atoms with E-state index in [9.17, 15) is 14.0 Å². The van der Waals surface area contributed by atoms with Crippen LogP contribution in [0.25, 0.3) is 0 Å². The fourth-order valence-corrected chi connectivity index (χ4v) is 2.42. The smallest absolute Gasteiger partial charge is 0.305 e. The number of carbonyl (C=O) groups excluding carboxylic acids is 1. The topological polar surface area (TPSA) is 75.6 Å². The second-order valence-corrected chi connectivity index (χ2v) is 5.52. The maximum atomic E-state index is 12.9. The standard InChI is InChI=1S/C19H20FNO4/c1-2-25-16-9-5-14(6-10-16)17(12-19(23)24)21-18(22)11-13-3-7-15(20)8-4-13/h3-10,17H,2,11-12H2,1H3,(H,21,22)(H,23,24)/t17-/m1/s1. The number of carboxylic acid groups (broad SMARTS) is 1. The van der Waals surface area contributed by atoms with Crippen LogP contribution in [0.2, 0.25) is 0 Å². The zero-order chi connectivity index (χ0) is 18.2. The van der Waals surface area contributed by atoms with Crippen molar-refractivity contribution in [2.24, 2.45) is 0 Å². The van der Waals surface area contributed by atoms with Crippen LogP contribution in [0.3, 0.4) is 0 Å². The third-order valence-corrected chi connectivity index (χ3v) is 3.59. The van der Waals surface area contributed by atoms with Crippen LogP contribution in [0, 0.1) is 5.82 Å². The summed E-state index contributed by atoms with van der Waals surface area (Å²) in [6.07, 6.45) is -0.184. The van der Waals surface area contributed by atoms with E-state index >= 15 is 0 Å². The van der Waals surface area contributed by atoms with E-state index in [1.54, 1.807) is 24.3 Å². The number of aliphatic carboxylic acids is 1. The molecule has 2 N–H and O–H groups in total. The Labute approximate surface area is 145 Å². The summed E-state index contributed by atoms with van der Waals surface area (Å²) >= 11 is 0. The first-order valence-electron chi connectivity index (χ1n) is 7.96. The fraction of sp³-hybridized carbons (Fsp3) is 0.263. The molecule has 2 aromatic rings. The minimum atomic E-state index is -1.01. The number of rotatable bonds is 8. The molecular weight excluding hydrogens is 325 g/mol. The second kappa shape index (κ2) is 8.82. The SMILES string of the molecule is CCOc1ccc([C@@H](CC(=O)O)NC(=O)Cc2ccc(F)cc2)cc1. The maximum Gasteiger partial charge on any atom is 0.305 e.